The summed E-state index contributed by atoms with van der Waals surface area (Å²) in [6, 6.07) is 1.65. The normalized spacial score (nSPS) is 15.7. The van der Waals surface area contributed by atoms with Crippen LogP contribution in [0.25, 0.3) is 0 Å². The van der Waals surface area contributed by atoms with Crippen molar-refractivity contribution >= 4 is 5.78 Å². The van der Waals surface area contributed by atoms with Gasteiger partial charge in [0.25, 0.3) is 0 Å². The Kier molecular flexibility index (Phi) is 1.96. The van der Waals surface area contributed by atoms with E-state index in [0.29, 0.717) is 0 Å². The molecule has 0 radical (unpaired) electrons. The molecule has 4 nitrogen and oxygen atoms in total. The number of carbonyl (C=O) groups excluding carboxylic acids is 1. The molecule has 68 valence electrons. The fourth-order valence-corrected chi connectivity index (χ4v) is 1.21. The van der Waals surface area contributed by atoms with E-state index < -0.39 is 0 Å². The minimum absolute atomic E-state index is 0.148. The van der Waals surface area contributed by atoms with Crippen LogP contribution in [0.15, 0.2) is 23.3 Å². The molecule has 0 atom stereocenters. The molecule has 1 aromatic heterocycles. The van der Waals surface area contributed by atoms with Crippen LogP contribution >= 0.6 is 0 Å². The zero-order valence-corrected chi connectivity index (χ0v) is 7.14. The number of aromatic nitrogens is 2. The van der Waals surface area contributed by atoms with Crippen molar-refractivity contribution in [3.05, 3.63) is 28.9 Å². The van der Waals surface area contributed by atoms with Gasteiger partial charge in [-0.25, -0.2) is 9.78 Å². The zero-order valence-electron chi connectivity index (χ0n) is 7.14. The predicted octanol–water partition coefficient (Wildman–Crippen LogP) is 0.222. The Labute approximate surface area is 75.2 Å². The van der Waals surface area contributed by atoms with Crippen LogP contribution < -0.4 is 5.69 Å². The number of carbonyl (C=O) groups is 1. The summed E-state index contributed by atoms with van der Waals surface area (Å²) in [7, 11) is 0. The van der Waals surface area contributed by atoms with Crippen molar-refractivity contribution < 1.29 is 4.79 Å². The second kappa shape index (κ2) is 3.12. The third kappa shape index (κ3) is 1.83. The van der Waals surface area contributed by atoms with Crippen LogP contribution in [-0.2, 0) is 11.3 Å². The van der Waals surface area contributed by atoms with Gasteiger partial charge in [-0.3, -0.25) is 9.36 Å². The molecule has 1 fully saturated rings. The van der Waals surface area contributed by atoms with E-state index in [1.807, 2.05) is 0 Å². The van der Waals surface area contributed by atoms with Crippen LogP contribution in [0.3, 0.4) is 0 Å². The molecule has 1 aliphatic carbocycles. The highest BCUT2D eigenvalue weighted by Crippen LogP contribution is 2.29. The molecule has 0 bridgehead atoms. The molecule has 0 unspecified atom stereocenters. The minimum atomic E-state index is -0.350. The predicted molar refractivity (Wildman–Crippen MR) is 46.2 cm³/mol. The molecule has 1 aromatic rings. The number of nitrogens with zero attached hydrogens (tertiary/aromatic N) is 2. The van der Waals surface area contributed by atoms with E-state index in [2.05, 4.69) is 4.98 Å². The smallest absolute Gasteiger partial charge is 0.297 e. The van der Waals surface area contributed by atoms with Gasteiger partial charge in [-0.05, 0) is 18.9 Å². The molecule has 0 aliphatic heterocycles. The Morgan fingerprint density at radius 1 is 1.62 bits per heavy atom. The number of ketones is 1. The molecule has 1 saturated carbocycles. The first kappa shape index (κ1) is 8.16. The first-order valence-corrected chi connectivity index (χ1v) is 4.31. The Morgan fingerprint density at radius 3 is 3.00 bits per heavy atom. The molecule has 13 heavy (non-hydrogen) atoms. The lowest BCUT2D eigenvalue weighted by Crippen LogP contribution is -2.25. The first-order valence-electron chi connectivity index (χ1n) is 4.31. The quantitative estimate of drug-likeness (QED) is 0.665. The molecule has 4 heteroatoms. The summed E-state index contributed by atoms with van der Waals surface area (Å²) in [5, 5.41) is 0. The monoisotopic (exact) mass is 178 g/mol. The second-order valence-corrected chi connectivity index (χ2v) is 3.27. The molecule has 1 heterocycles. The number of hydrogen-bond donors (Lipinski definition) is 0. The number of Topliss-reactive ketones (excluding diaryl/α,β-unsaturated/α-hetero) is 1. The summed E-state index contributed by atoms with van der Waals surface area (Å²) in [4.78, 5) is 26.0. The van der Waals surface area contributed by atoms with E-state index in [1.54, 1.807) is 12.3 Å². The SMILES string of the molecule is O=C(Cn1cccnc1=O)C1CC1. The summed E-state index contributed by atoms with van der Waals surface area (Å²) in [6.07, 6.45) is 4.98. The van der Waals surface area contributed by atoms with Crippen molar-refractivity contribution in [2.75, 3.05) is 0 Å². The lowest BCUT2D eigenvalue weighted by atomic mass is 10.2. The van der Waals surface area contributed by atoms with Gasteiger partial charge in [-0.1, -0.05) is 0 Å². The van der Waals surface area contributed by atoms with Gasteiger partial charge in [0, 0.05) is 18.3 Å². The molecule has 2 rings (SSSR count). The van der Waals surface area contributed by atoms with E-state index in [4.69, 9.17) is 0 Å². The van der Waals surface area contributed by atoms with Crippen LogP contribution in [0.4, 0.5) is 0 Å². The van der Waals surface area contributed by atoms with E-state index in [0.717, 1.165) is 12.8 Å². The highest BCUT2D eigenvalue weighted by Gasteiger charge is 2.29. The highest BCUT2D eigenvalue weighted by atomic mass is 16.2. The van der Waals surface area contributed by atoms with Gasteiger partial charge < -0.3 is 0 Å². The lowest BCUT2D eigenvalue weighted by Gasteiger charge is -2.01. The van der Waals surface area contributed by atoms with Gasteiger partial charge in [0.1, 0.15) is 0 Å². The maximum atomic E-state index is 11.3. The van der Waals surface area contributed by atoms with Gasteiger partial charge in [-0.15, -0.1) is 0 Å². The van der Waals surface area contributed by atoms with Crippen molar-refractivity contribution in [2.45, 2.75) is 19.4 Å². The molecule has 0 amide bonds. The average Bonchev–Trinajstić information content (AvgIpc) is 2.91. The molecule has 1 aliphatic rings. The van der Waals surface area contributed by atoms with Crippen molar-refractivity contribution in [3.63, 3.8) is 0 Å². The topological polar surface area (TPSA) is 52.0 Å². The van der Waals surface area contributed by atoms with Crippen LogP contribution in [-0.4, -0.2) is 15.3 Å². The Balaban J connectivity index is 2.13. The van der Waals surface area contributed by atoms with E-state index in [-0.39, 0.29) is 23.9 Å². The van der Waals surface area contributed by atoms with Gasteiger partial charge in [0.15, 0.2) is 5.78 Å². The van der Waals surface area contributed by atoms with Crippen LogP contribution in [0.2, 0.25) is 0 Å². The van der Waals surface area contributed by atoms with Crippen molar-refractivity contribution in [1.29, 1.82) is 0 Å². The molecular weight excluding hydrogens is 168 g/mol. The largest absolute Gasteiger partial charge is 0.347 e. The Morgan fingerprint density at radius 2 is 2.38 bits per heavy atom. The third-order valence-electron chi connectivity index (χ3n) is 2.14. The van der Waals surface area contributed by atoms with Crippen molar-refractivity contribution in [2.24, 2.45) is 5.92 Å². The number of hydrogen-bond acceptors (Lipinski definition) is 3. The number of rotatable bonds is 3. The Bertz CT molecular complexity index is 379. The molecular formula is C9H10N2O2. The minimum Gasteiger partial charge on any atom is -0.297 e. The van der Waals surface area contributed by atoms with Crippen LogP contribution in [0, 0.1) is 5.92 Å². The van der Waals surface area contributed by atoms with Gasteiger partial charge >= 0.3 is 5.69 Å². The summed E-state index contributed by atoms with van der Waals surface area (Å²) in [5.41, 5.74) is -0.350. The van der Waals surface area contributed by atoms with Gasteiger partial charge in [0.2, 0.25) is 0 Å². The standard InChI is InChI=1S/C9H10N2O2/c12-8(7-2-3-7)6-11-5-1-4-10-9(11)13/h1,4-5,7H,2-3,6H2. The third-order valence-corrected chi connectivity index (χ3v) is 2.14. The first-order chi connectivity index (χ1) is 6.27. The van der Waals surface area contributed by atoms with Gasteiger partial charge in [0.05, 0.1) is 6.54 Å². The van der Waals surface area contributed by atoms with Crippen LogP contribution in [0.5, 0.6) is 0 Å². The van der Waals surface area contributed by atoms with E-state index in [1.165, 1.54) is 10.8 Å². The van der Waals surface area contributed by atoms with Crippen molar-refractivity contribution in [1.82, 2.24) is 9.55 Å². The maximum absolute atomic E-state index is 11.3. The second-order valence-electron chi connectivity index (χ2n) is 3.27. The molecule has 0 saturated heterocycles. The highest BCUT2D eigenvalue weighted by molar-refractivity contribution is 5.82. The fourth-order valence-electron chi connectivity index (χ4n) is 1.21. The molecule has 0 spiro atoms. The summed E-state index contributed by atoms with van der Waals surface area (Å²) in [5.74, 6) is 0.349. The van der Waals surface area contributed by atoms with E-state index >= 15 is 0 Å². The Hall–Kier alpha value is -1.45. The zero-order chi connectivity index (χ0) is 9.26. The summed E-state index contributed by atoms with van der Waals surface area (Å²) < 4.78 is 1.35. The van der Waals surface area contributed by atoms with E-state index in [9.17, 15) is 9.59 Å². The molecule has 0 N–H and O–H groups in total. The molecule has 0 aromatic carbocycles. The van der Waals surface area contributed by atoms with Crippen LogP contribution in [0.1, 0.15) is 12.8 Å². The van der Waals surface area contributed by atoms with Gasteiger partial charge in [-0.2, -0.15) is 0 Å². The van der Waals surface area contributed by atoms with Crippen molar-refractivity contribution in [3.8, 4) is 0 Å². The fraction of sp³-hybridized carbons (Fsp3) is 0.444. The maximum Gasteiger partial charge on any atom is 0.347 e. The summed E-state index contributed by atoms with van der Waals surface area (Å²) in [6.45, 7) is 0.178. The summed E-state index contributed by atoms with van der Waals surface area (Å²) >= 11 is 0. The average molecular weight is 178 g/mol. The lowest BCUT2D eigenvalue weighted by molar-refractivity contribution is -0.120.